The number of thiocarbonyl (C=S) groups is 1. The van der Waals surface area contributed by atoms with E-state index in [1.807, 2.05) is 30.3 Å². The number of hydrogen-bond acceptors (Lipinski definition) is 4. The molecule has 0 atom stereocenters. The number of aromatic nitrogens is 1. The molecular weight excluding hydrogens is 270 g/mol. The van der Waals surface area contributed by atoms with Gasteiger partial charge < -0.3 is 15.8 Å². The van der Waals surface area contributed by atoms with Crippen molar-refractivity contribution in [2.24, 2.45) is 5.73 Å². The third-order valence-electron chi connectivity index (χ3n) is 3.06. The molecule has 0 fully saturated rings. The fourth-order valence-electron chi connectivity index (χ4n) is 2.06. The van der Waals surface area contributed by atoms with Crippen LogP contribution in [0.3, 0.4) is 0 Å². The maximum absolute atomic E-state index is 5.80. The maximum atomic E-state index is 5.80. The predicted molar refractivity (Wildman–Crippen MR) is 87.2 cm³/mol. The summed E-state index contributed by atoms with van der Waals surface area (Å²) in [6.45, 7) is 1.64. The molecule has 0 saturated carbocycles. The molecule has 0 amide bonds. The molecule has 2 rings (SSSR count). The van der Waals surface area contributed by atoms with Crippen molar-refractivity contribution < 1.29 is 4.74 Å². The maximum Gasteiger partial charge on any atom is 0.127 e. The van der Waals surface area contributed by atoms with Crippen LogP contribution in [0.2, 0.25) is 0 Å². The van der Waals surface area contributed by atoms with Gasteiger partial charge in [0, 0.05) is 31.2 Å². The zero-order chi connectivity index (χ0) is 14.4. The van der Waals surface area contributed by atoms with Crippen LogP contribution < -0.4 is 11.1 Å². The van der Waals surface area contributed by atoms with Crippen LogP contribution >= 0.6 is 12.2 Å². The summed E-state index contributed by atoms with van der Waals surface area (Å²) < 4.78 is 5.03. The number of unbranched alkanes of at least 4 members (excludes halogenated alkanes) is 1. The van der Waals surface area contributed by atoms with Crippen LogP contribution in [-0.2, 0) is 4.74 Å². The number of fused-ring (bicyclic) bond motifs is 1. The van der Waals surface area contributed by atoms with E-state index in [1.165, 1.54) is 0 Å². The highest BCUT2D eigenvalue weighted by atomic mass is 32.1. The third kappa shape index (κ3) is 3.65. The van der Waals surface area contributed by atoms with Crippen molar-refractivity contribution in [2.45, 2.75) is 12.8 Å². The number of hydrogen-bond donors (Lipinski definition) is 2. The number of pyridine rings is 1. The molecule has 0 aliphatic heterocycles. The summed E-state index contributed by atoms with van der Waals surface area (Å²) in [6.07, 6.45) is 2.06. The minimum atomic E-state index is 0.394. The quantitative estimate of drug-likeness (QED) is 0.606. The predicted octanol–water partition coefficient (Wildman–Crippen LogP) is 2.71. The molecule has 0 saturated heterocycles. The molecule has 1 heterocycles. The number of rotatable bonds is 7. The Labute approximate surface area is 124 Å². The summed E-state index contributed by atoms with van der Waals surface area (Å²) in [4.78, 5) is 4.97. The van der Waals surface area contributed by atoms with Crippen LogP contribution in [0.1, 0.15) is 18.4 Å². The van der Waals surface area contributed by atoms with E-state index in [9.17, 15) is 0 Å². The van der Waals surface area contributed by atoms with Gasteiger partial charge >= 0.3 is 0 Å². The number of anilines is 1. The van der Waals surface area contributed by atoms with Gasteiger partial charge in [-0.2, -0.15) is 0 Å². The van der Waals surface area contributed by atoms with Gasteiger partial charge in [-0.05, 0) is 25.0 Å². The normalized spacial score (nSPS) is 10.7. The molecule has 0 unspecified atom stereocenters. The highest BCUT2D eigenvalue weighted by Gasteiger charge is 2.07. The first-order valence-corrected chi connectivity index (χ1v) is 7.05. The van der Waals surface area contributed by atoms with E-state index in [0.29, 0.717) is 4.99 Å². The zero-order valence-corrected chi connectivity index (χ0v) is 12.4. The van der Waals surface area contributed by atoms with Crippen LogP contribution in [-0.4, -0.2) is 30.2 Å². The second-order valence-corrected chi connectivity index (χ2v) is 5.00. The van der Waals surface area contributed by atoms with E-state index in [2.05, 4.69) is 10.3 Å². The van der Waals surface area contributed by atoms with Crippen molar-refractivity contribution in [3.8, 4) is 0 Å². The summed E-state index contributed by atoms with van der Waals surface area (Å²) in [5, 5.41) is 4.30. The van der Waals surface area contributed by atoms with E-state index in [4.69, 9.17) is 22.7 Å². The summed E-state index contributed by atoms with van der Waals surface area (Å²) in [5.74, 6) is 0.809. The molecule has 5 heteroatoms. The number of benzene rings is 1. The number of nitrogens with one attached hydrogen (secondary N) is 1. The second-order valence-electron chi connectivity index (χ2n) is 4.56. The average molecular weight is 289 g/mol. The highest BCUT2D eigenvalue weighted by Crippen LogP contribution is 2.20. The fourth-order valence-corrected chi connectivity index (χ4v) is 2.23. The largest absolute Gasteiger partial charge is 0.389 e. The number of para-hydroxylation sites is 1. The molecule has 2 aromatic rings. The molecule has 0 bridgehead atoms. The monoisotopic (exact) mass is 289 g/mol. The second kappa shape index (κ2) is 7.17. The lowest BCUT2D eigenvalue weighted by Crippen LogP contribution is -2.12. The van der Waals surface area contributed by atoms with Crippen LogP contribution in [0.15, 0.2) is 30.3 Å². The first-order valence-electron chi connectivity index (χ1n) is 6.65. The molecule has 1 aromatic carbocycles. The molecule has 1 aromatic heterocycles. The summed E-state index contributed by atoms with van der Waals surface area (Å²) >= 11 is 5.12. The minimum absolute atomic E-state index is 0.394. The standard InChI is InChI=1S/C15H19N3OS/c1-19-9-5-4-8-17-14-10-12(15(16)20)11-6-2-3-7-13(11)18-14/h2-3,6-7,10H,4-5,8-9H2,1H3,(H2,16,20)(H,17,18). The zero-order valence-electron chi connectivity index (χ0n) is 11.6. The summed E-state index contributed by atoms with van der Waals surface area (Å²) in [7, 11) is 1.72. The van der Waals surface area contributed by atoms with Crippen molar-refractivity contribution in [3.63, 3.8) is 0 Å². The Morgan fingerprint density at radius 3 is 2.90 bits per heavy atom. The van der Waals surface area contributed by atoms with Crippen molar-refractivity contribution in [1.82, 2.24) is 4.98 Å². The fraction of sp³-hybridized carbons (Fsp3) is 0.333. The number of methoxy groups -OCH3 is 1. The summed E-state index contributed by atoms with van der Waals surface area (Å²) in [6, 6.07) is 9.79. The van der Waals surface area contributed by atoms with Gasteiger partial charge in [0.25, 0.3) is 0 Å². The van der Waals surface area contributed by atoms with Crippen LogP contribution in [0.5, 0.6) is 0 Å². The van der Waals surface area contributed by atoms with Crippen molar-refractivity contribution >= 4 is 33.9 Å². The Morgan fingerprint density at radius 2 is 2.15 bits per heavy atom. The molecule has 106 valence electrons. The SMILES string of the molecule is COCCCCNc1cc(C(N)=S)c2ccccc2n1. The molecule has 0 aliphatic carbocycles. The lowest BCUT2D eigenvalue weighted by molar-refractivity contribution is 0.194. The van der Waals surface area contributed by atoms with E-state index in [1.54, 1.807) is 7.11 Å². The van der Waals surface area contributed by atoms with Crippen molar-refractivity contribution in [3.05, 3.63) is 35.9 Å². The molecule has 0 spiro atoms. The van der Waals surface area contributed by atoms with Crippen LogP contribution in [0.25, 0.3) is 10.9 Å². The number of nitrogens with zero attached hydrogens (tertiary/aromatic N) is 1. The average Bonchev–Trinajstić information content (AvgIpc) is 2.46. The van der Waals surface area contributed by atoms with Crippen LogP contribution in [0, 0.1) is 0 Å². The first kappa shape index (κ1) is 14.7. The highest BCUT2D eigenvalue weighted by molar-refractivity contribution is 7.80. The smallest absolute Gasteiger partial charge is 0.127 e. The molecule has 0 radical (unpaired) electrons. The van der Waals surface area contributed by atoms with Crippen molar-refractivity contribution in [1.29, 1.82) is 0 Å². The minimum Gasteiger partial charge on any atom is -0.389 e. The Balaban J connectivity index is 2.15. The Bertz CT molecular complexity index is 601. The molecule has 20 heavy (non-hydrogen) atoms. The van der Waals surface area contributed by atoms with Gasteiger partial charge in [-0.1, -0.05) is 30.4 Å². The summed E-state index contributed by atoms with van der Waals surface area (Å²) in [5.41, 5.74) is 7.57. The van der Waals surface area contributed by atoms with Gasteiger partial charge in [-0.25, -0.2) is 4.98 Å². The molecule has 4 nitrogen and oxygen atoms in total. The van der Waals surface area contributed by atoms with Gasteiger partial charge in [-0.3, -0.25) is 0 Å². The number of ether oxygens (including phenoxy) is 1. The molecule has 3 N–H and O–H groups in total. The van der Waals surface area contributed by atoms with E-state index in [-0.39, 0.29) is 0 Å². The van der Waals surface area contributed by atoms with Gasteiger partial charge in [0.1, 0.15) is 10.8 Å². The van der Waals surface area contributed by atoms with Gasteiger partial charge in [0.2, 0.25) is 0 Å². The lowest BCUT2D eigenvalue weighted by atomic mass is 10.1. The molecular formula is C15H19N3OS. The first-order chi connectivity index (χ1) is 9.72. The van der Waals surface area contributed by atoms with E-state index >= 15 is 0 Å². The Kier molecular flexibility index (Phi) is 5.26. The van der Waals surface area contributed by atoms with E-state index in [0.717, 1.165) is 48.3 Å². The molecule has 0 aliphatic rings. The van der Waals surface area contributed by atoms with Crippen molar-refractivity contribution in [2.75, 3.05) is 25.6 Å². The number of nitrogens with two attached hydrogens (primary N) is 1. The van der Waals surface area contributed by atoms with Crippen LogP contribution in [0.4, 0.5) is 5.82 Å². The third-order valence-corrected chi connectivity index (χ3v) is 3.28. The Hall–Kier alpha value is -1.72. The lowest BCUT2D eigenvalue weighted by Gasteiger charge is -2.10. The van der Waals surface area contributed by atoms with Gasteiger partial charge in [0.05, 0.1) is 5.52 Å². The Morgan fingerprint density at radius 1 is 1.35 bits per heavy atom. The van der Waals surface area contributed by atoms with E-state index < -0.39 is 0 Å². The van der Waals surface area contributed by atoms with Gasteiger partial charge in [-0.15, -0.1) is 0 Å². The van der Waals surface area contributed by atoms with Gasteiger partial charge in [0.15, 0.2) is 0 Å². The topological polar surface area (TPSA) is 60.2 Å².